The van der Waals surface area contributed by atoms with Gasteiger partial charge in [-0.3, -0.25) is 14.2 Å². The minimum Gasteiger partial charge on any atom is -0.381 e. The Morgan fingerprint density at radius 1 is 1.07 bits per heavy atom. The van der Waals surface area contributed by atoms with Gasteiger partial charge < -0.3 is 20.4 Å². The second kappa shape index (κ2) is 11.3. The molecule has 6 rings (SSSR count). The van der Waals surface area contributed by atoms with E-state index in [1.165, 1.54) is 6.20 Å². The van der Waals surface area contributed by atoms with Gasteiger partial charge in [-0.25, -0.2) is 4.98 Å². The lowest BCUT2D eigenvalue weighted by Gasteiger charge is -2.25. The van der Waals surface area contributed by atoms with Crippen LogP contribution >= 0.6 is 0 Å². The number of nitrogen functional groups attached to an aromatic ring is 1. The van der Waals surface area contributed by atoms with E-state index in [0.29, 0.717) is 30.0 Å². The average Bonchev–Trinajstić information content (AvgIpc) is 3.02. The summed E-state index contributed by atoms with van der Waals surface area (Å²) in [5, 5.41) is 14.1. The minimum atomic E-state index is -0.442. The summed E-state index contributed by atoms with van der Waals surface area (Å²) < 4.78 is 8.94. The van der Waals surface area contributed by atoms with Crippen molar-refractivity contribution >= 4 is 22.5 Å². The molecule has 0 saturated carbocycles. The van der Waals surface area contributed by atoms with E-state index in [2.05, 4.69) is 21.4 Å². The van der Waals surface area contributed by atoms with Crippen LogP contribution in [-0.2, 0) is 4.74 Å². The molecule has 0 bridgehead atoms. The fraction of sp³-hybridized carbons (Fsp3) is 0.219. The van der Waals surface area contributed by atoms with Gasteiger partial charge in [0.25, 0.3) is 11.1 Å². The first-order chi connectivity index (χ1) is 20.4. The molecule has 2 aromatic carbocycles. The molecule has 5 aromatic rings. The quantitative estimate of drug-likeness (QED) is 0.308. The molecule has 1 unspecified atom stereocenters. The lowest BCUT2D eigenvalue weighted by atomic mass is 9.98. The number of hydrogen-bond acceptors (Lipinski definition) is 8. The van der Waals surface area contributed by atoms with Crippen LogP contribution in [-0.4, -0.2) is 32.3 Å². The first kappa shape index (κ1) is 26.9. The highest BCUT2D eigenvalue weighted by Crippen LogP contribution is 2.31. The topological polar surface area (TPSA) is 141 Å². The van der Waals surface area contributed by atoms with Gasteiger partial charge >= 0.3 is 0 Å². The number of nitriles is 1. The molecule has 0 aliphatic carbocycles. The molecule has 210 valence electrons. The Morgan fingerprint density at radius 3 is 2.62 bits per heavy atom. The molecular formula is C32H29N7O3. The standard InChI is InChI=1S/C32H29N7O3/c1-20(36-30-23(17-33)18-35-32(34)37-30)27-16-21-6-5-9-26(29(21)31(41)39(27)25-7-3-2-4-8-25)22-10-11-28(40)38(19-22)24-12-14-42-15-13-24/h2-11,16,18-20,24H,12-15H2,1H3,(H3,34,35,36,37). The Bertz CT molecular complexity index is 1940. The van der Waals surface area contributed by atoms with Gasteiger partial charge in [0.2, 0.25) is 5.95 Å². The fourth-order valence-electron chi connectivity index (χ4n) is 5.56. The van der Waals surface area contributed by atoms with Gasteiger partial charge in [0, 0.05) is 42.9 Å². The Morgan fingerprint density at radius 2 is 1.86 bits per heavy atom. The van der Waals surface area contributed by atoms with Gasteiger partial charge in [-0.05, 0) is 60.5 Å². The lowest BCUT2D eigenvalue weighted by molar-refractivity contribution is 0.0687. The van der Waals surface area contributed by atoms with Crippen molar-refractivity contribution in [2.24, 2.45) is 0 Å². The minimum absolute atomic E-state index is 0.0365. The first-order valence-electron chi connectivity index (χ1n) is 13.8. The number of benzene rings is 2. The van der Waals surface area contributed by atoms with Crippen molar-refractivity contribution in [3.63, 3.8) is 0 Å². The van der Waals surface area contributed by atoms with Crippen molar-refractivity contribution in [3.05, 3.63) is 111 Å². The van der Waals surface area contributed by atoms with E-state index >= 15 is 0 Å². The molecule has 3 aromatic heterocycles. The predicted octanol–water partition coefficient (Wildman–Crippen LogP) is 4.59. The van der Waals surface area contributed by atoms with Crippen LogP contribution in [0.2, 0.25) is 0 Å². The highest BCUT2D eigenvalue weighted by Gasteiger charge is 2.21. The maximum absolute atomic E-state index is 14.5. The van der Waals surface area contributed by atoms with Crippen LogP contribution in [0.5, 0.6) is 0 Å². The van der Waals surface area contributed by atoms with Crippen molar-refractivity contribution < 1.29 is 4.74 Å². The number of aromatic nitrogens is 4. The van der Waals surface area contributed by atoms with Gasteiger partial charge in [0.05, 0.1) is 17.6 Å². The molecule has 1 saturated heterocycles. The van der Waals surface area contributed by atoms with E-state index in [1.54, 1.807) is 21.3 Å². The SMILES string of the molecule is CC(Nc1nc(N)ncc1C#N)c1cc2cccc(-c3ccc(=O)n(C4CCOCC4)c3)c2c(=O)n1-c1ccccc1. The summed E-state index contributed by atoms with van der Waals surface area (Å²) in [5.74, 6) is 0.322. The number of anilines is 2. The molecule has 1 aliphatic heterocycles. The third-order valence-electron chi connectivity index (χ3n) is 7.65. The second-order valence-electron chi connectivity index (χ2n) is 10.3. The van der Waals surface area contributed by atoms with E-state index in [0.717, 1.165) is 29.4 Å². The summed E-state index contributed by atoms with van der Waals surface area (Å²) in [6.45, 7) is 3.13. The monoisotopic (exact) mass is 559 g/mol. The van der Waals surface area contributed by atoms with Crippen molar-refractivity contribution in [1.82, 2.24) is 19.1 Å². The van der Waals surface area contributed by atoms with Crippen molar-refractivity contribution in [2.75, 3.05) is 24.3 Å². The van der Waals surface area contributed by atoms with Crippen molar-refractivity contribution in [1.29, 1.82) is 5.26 Å². The molecule has 0 amide bonds. The van der Waals surface area contributed by atoms with E-state index in [1.807, 2.05) is 67.7 Å². The molecule has 42 heavy (non-hydrogen) atoms. The largest absolute Gasteiger partial charge is 0.381 e. The number of nitrogens with two attached hydrogens (primary N) is 1. The zero-order chi connectivity index (χ0) is 29.2. The second-order valence-corrected chi connectivity index (χ2v) is 10.3. The Labute approximate surface area is 241 Å². The number of fused-ring (bicyclic) bond motifs is 1. The molecule has 10 heteroatoms. The van der Waals surface area contributed by atoms with Crippen LogP contribution < -0.4 is 22.2 Å². The maximum atomic E-state index is 14.5. The highest BCUT2D eigenvalue weighted by molar-refractivity contribution is 5.96. The molecule has 3 N–H and O–H groups in total. The summed E-state index contributed by atoms with van der Waals surface area (Å²) >= 11 is 0. The number of pyridine rings is 2. The lowest BCUT2D eigenvalue weighted by Crippen LogP contribution is -2.28. The van der Waals surface area contributed by atoms with Gasteiger partial charge in [0.15, 0.2) is 0 Å². The molecule has 1 fully saturated rings. The Hall–Kier alpha value is -5.27. The summed E-state index contributed by atoms with van der Waals surface area (Å²) in [4.78, 5) is 35.4. The van der Waals surface area contributed by atoms with Crippen LogP contribution in [0.15, 0.2) is 88.7 Å². The first-order valence-corrected chi connectivity index (χ1v) is 13.8. The normalized spacial score (nSPS) is 14.4. The number of ether oxygens (including phenoxy) is 1. The predicted molar refractivity (Wildman–Crippen MR) is 162 cm³/mol. The number of nitrogens with one attached hydrogen (secondary N) is 1. The van der Waals surface area contributed by atoms with E-state index in [4.69, 9.17) is 10.5 Å². The van der Waals surface area contributed by atoms with E-state index in [9.17, 15) is 14.9 Å². The fourth-order valence-corrected chi connectivity index (χ4v) is 5.56. The van der Waals surface area contributed by atoms with Crippen LogP contribution in [0.1, 0.15) is 43.1 Å². The summed E-state index contributed by atoms with van der Waals surface area (Å²) in [5.41, 5.74) is 8.66. The van der Waals surface area contributed by atoms with Crippen LogP contribution in [0.4, 0.5) is 11.8 Å². The Kier molecular flexibility index (Phi) is 7.25. The van der Waals surface area contributed by atoms with Crippen LogP contribution in [0.3, 0.4) is 0 Å². The van der Waals surface area contributed by atoms with Gasteiger partial charge in [-0.15, -0.1) is 0 Å². The smallest absolute Gasteiger partial charge is 0.263 e. The average molecular weight is 560 g/mol. The molecule has 1 atom stereocenters. The Balaban J connectivity index is 1.53. The zero-order valence-corrected chi connectivity index (χ0v) is 23.0. The van der Waals surface area contributed by atoms with Gasteiger partial charge in [0.1, 0.15) is 17.5 Å². The van der Waals surface area contributed by atoms with Crippen molar-refractivity contribution in [3.8, 4) is 22.9 Å². The number of hydrogen-bond donors (Lipinski definition) is 2. The molecular weight excluding hydrogens is 530 g/mol. The van der Waals surface area contributed by atoms with Gasteiger partial charge in [-0.2, -0.15) is 10.2 Å². The molecule has 4 heterocycles. The summed E-state index contributed by atoms with van der Waals surface area (Å²) in [6.07, 6.45) is 4.76. The number of nitrogens with zero attached hydrogens (tertiary/aromatic N) is 5. The highest BCUT2D eigenvalue weighted by atomic mass is 16.5. The third-order valence-corrected chi connectivity index (χ3v) is 7.65. The number of para-hydroxylation sites is 1. The summed E-state index contributed by atoms with van der Waals surface area (Å²) in [6, 6.07) is 22.1. The third kappa shape index (κ3) is 5.02. The van der Waals surface area contributed by atoms with E-state index < -0.39 is 6.04 Å². The van der Waals surface area contributed by atoms with E-state index in [-0.39, 0.29) is 34.5 Å². The van der Waals surface area contributed by atoms with Gasteiger partial charge in [-0.1, -0.05) is 36.4 Å². The molecule has 0 radical (unpaired) electrons. The molecule has 1 aliphatic rings. The summed E-state index contributed by atoms with van der Waals surface area (Å²) in [7, 11) is 0. The molecule has 10 nitrogen and oxygen atoms in total. The number of rotatable bonds is 6. The molecule has 0 spiro atoms. The van der Waals surface area contributed by atoms with Crippen LogP contribution in [0.25, 0.3) is 27.6 Å². The van der Waals surface area contributed by atoms with Crippen molar-refractivity contribution in [2.45, 2.75) is 31.8 Å². The van der Waals surface area contributed by atoms with Crippen LogP contribution in [0, 0.1) is 11.3 Å². The maximum Gasteiger partial charge on any atom is 0.263 e. The zero-order valence-electron chi connectivity index (χ0n) is 23.0.